The molecule has 0 saturated heterocycles. The first kappa shape index (κ1) is 12.9. The van der Waals surface area contributed by atoms with Crippen LogP contribution in [0.5, 0.6) is 5.75 Å². The number of carbonyl (C=O) groups is 1. The van der Waals surface area contributed by atoms with Crippen molar-refractivity contribution >= 4 is 11.7 Å². The fraction of sp³-hybridized carbons (Fsp3) is 0.231. The predicted octanol–water partition coefficient (Wildman–Crippen LogP) is 1.32. The highest BCUT2D eigenvalue weighted by Crippen LogP contribution is 2.21. The Morgan fingerprint density at radius 3 is 2.95 bits per heavy atom. The smallest absolute Gasteiger partial charge is 0.339 e. The fourth-order valence-electron chi connectivity index (χ4n) is 1.73. The van der Waals surface area contributed by atoms with Crippen molar-refractivity contribution in [3.63, 3.8) is 0 Å². The first-order valence-corrected chi connectivity index (χ1v) is 5.79. The molecule has 0 saturated carbocycles. The molecule has 6 heteroatoms. The molecule has 2 rings (SSSR count). The minimum Gasteiger partial charge on any atom is -0.492 e. The second-order valence-corrected chi connectivity index (χ2v) is 4.11. The lowest BCUT2D eigenvalue weighted by molar-refractivity contribution is 0.0692. The normalized spacial score (nSPS) is 10.4. The van der Waals surface area contributed by atoms with Gasteiger partial charge in [0.1, 0.15) is 17.1 Å². The average Bonchev–Trinajstić information content (AvgIpc) is 2.77. The van der Waals surface area contributed by atoms with E-state index in [1.165, 1.54) is 6.07 Å². The van der Waals surface area contributed by atoms with E-state index in [2.05, 4.69) is 4.98 Å². The second kappa shape index (κ2) is 5.43. The van der Waals surface area contributed by atoms with Gasteiger partial charge in [-0.25, -0.2) is 9.78 Å². The third-order valence-electron chi connectivity index (χ3n) is 2.74. The van der Waals surface area contributed by atoms with Gasteiger partial charge in [-0.3, -0.25) is 0 Å². The topological polar surface area (TPSA) is 90.4 Å². The number of anilines is 1. The summed E-state index contributed by atoms with van der Waals surface area (Å²) in [5.41, 5.74) is 6.03. The lowest BCUT2D eigenvalue weighted by Gasteiger charge is -2.09. The summed E-state index contributed by atoms with van der Waals surface area (Å²) >= 11 is 0. The number of imidazole rings is 1. The SMILES string of the molecule is Cn1ccnc1CCOc1ccc(N)cc1C(=O)O. The van der Waals surface area contributed by atoms with Crippen molar-refractivity contribution in [2.24, 2.45) is 7.05 Å². The number of ether oxygens (including phenoxy) is 1. The van der Waals surface area contributed by atoms with Crippen LogP contribution in [-0.2, 0) is 13.5 Å². The first-order chi connectivity index (χ1) is 9.08. The number of rotatable bonds is 5. The Labute approximate surface area is 110 Å². The van der Waals surface area contributed by atoms with Crippen molar-refractivity contribution in [1.82, 2.24) is 9.55 Å². The first-order valence-electron chi connectivity index (χ1n) is 5.79. The summed E-state index contributed by atoms with van der Waals surface area (Å²) in [6, 6.07) is 4.57. The third-order valence-corrected chi connectivity index (χ3v) is 2.74. The average molecular weight is 261 g/mol. The van der Waals surface area contributed by atoms with E-state index < -0.39 is 5.97 Å². The zero-order valence-electron chi connectivity index (χ0n) is 10.5. The van der Waals surface area contributed by atoms with E-state index >= 15 is 0 Å². The number of hydrogen-bond donors (Lipinski definition) is 2. The summed E-state index contributed by atoms with van der Waals surface area (Å²) in [7, 11) is 1.90. The largest absolute Gasteiger partial charge is 0.492 e. The number of aryl methyl sites for hydroxylation is 1. The molecule has 19 heavy (non-hydrogen) atoms. The molecule has 1 heterocycles. The minimum absolute atomic E-state index is 0.0693. The zero-order chi connectivity index (χ0) is 13.8. The predicted molar refractivity (Wildman–Crippen MR) is 70.2 cm³/mol. The number of aromatic nitrogens is 2. The summed E-state index contributed by atoms with van der Waals surface area (Å²) < 4.78 is 7.39. The van der Waals surface area contributed by atoms with Crippen LogP contribution in [0.15, 0.2) is 30.6 Å². The Hall–Kier alpha value is -2.50. The van der Waals surface area contributed by atoms with E-state index in [9.17, 15) is 4.79 Å². The van der Waals surface area contributed by atoms with E-state index in [0.29, 0.717) is 24.5 Å². The number of hydrogen-bond acceptors (Lipinski definition) is 4. The van der Waals surface area contributed by atoms with Crippen molar-refractivity contribution in [3.8, 4) is 5.75 Å². The number of carboxylic acids is 1. The standard InChI is InChI=1S/C13H15N3O3/c1-16-6-5-15-12(16)4-7-19-11-3-2-9(14)8-10(11)13(17)18/h2-3,5-6,8H,4,7,14H2,1H3,(H,17,18). The van der Waals surface area contributed by atoms with E-state index in [-0.39, 0.29) is 5.56 Å². The van der Waals surface area contributed by atoms with Gasteiger partial charge in [-0.15, -0.1) is 0 Å². The maximum absolute atomic E-state index is 11.1. The van der Waals surface area contributed by atoms with Gasteiger partial charge in [0.15, 0.2) is 0 Å². The molecule has 0 aliphatic carbocycles. The van der Waals surface area contributed by atoms with E-state index in [1.54, 1.807) is 18.3 Å². The summed E-state index contributed by atoms with van der Waals surface area (Å²) in [5.74, 6) is 0.141. The van der Waals surface area contributed by atoms with Crippen LogP contribution >= 0.6 is 0 Å². The molecule has 3 N–H and O–H groups in total. The molecule has 100 valence electrons. The van der Waals surface area contributed by atoms with Gasteiger partial charge in [-0.1, -0.05) is 0 Å². The fourth-order valence-corrected chi connectivity index (χ4v) is 1.73. The Bertz CT molecular complexity index is 593. The molecule has 0 spiro atoms. The Morgan fingerprint density at radius 1 is 1.53 bits per heavy atom. The maximum atomic E-state index is 11.1. The van der Waals surface area contributed by atoms with E-state index in [4.69, 9.17) is 15.6 Å². The van der Waals surface area contributed by atoms with Gasteiger partial charge in [0.25, 0.3) is 0 Å². The van der Waals surface area contributed by atoms with Gasteiger partial charge < -0.3 is 20.1 Å². The number of nitrogen functional groups attached to an aromatic ring is 1. The van der Waals surface area contributed by atoms with Gasteiger partial charge in [-0.05, 0) is 18.2 Å². The van der Waals surface area contributed by atoms with Crippen LogP contribution in [0.2, 0.25) is 0 Å². The molecule has 0 radical (unpaired) electrons. The van der Waals surface area contributed by atoms with Crippen molar-refractivity contribution in [2.45, 2.75) is 6.42 Å². The van der Waals surface area contributed by atoms with Crippen LogP contribution in [-0.4, -0.2) is 27.2 Å². The monoisotopic (exact) mass is 261 g/mol. The van der Waals surface area contributed by atoms with E-state index in [0.717, 1.165) is 5.82 Å². The van der Waals surface area contributed by atoms with Gasteiger partial charge in [-0.2, -0.15) is 0 Å². The molecular formula is C13H15N3O3. The summed E-state index contributed by atoms with van der Waals surface area (Å²) in [6.07, 6.45) is 4.16. The molecule has 1 aromatic heterocycles. The molecule has 0 unspecified atom stereocenters. The van der Waals surface area contributed by atoms with Gasteiger partial charge >= 0.3 is 5.97 Å². The Balaban J connectivity index is 2.03. The maximum Gasteiger partial charge on any atom is 0.339 e. The summed E-state index contributed by atoms with van der Waals surface area (Å²) in [4.78, 5) is 15.2. The molecule has 2 aromatic rings. The van der Waals surface area contributed by atoms with Crippen LogP contribution < -0.4 is 10.5 Å². The number of aromatic carboxylic acids is 1. The zero-order valence-corrected chi connectivity index (χ0v) is 10.5. The quantitative estimate of drug-likeness (QED) is 0.792. The molecule has 0 aliphatic rings. The van der Waals surface area contributed by atoms with Crippen molar-refractivity contribution in [2.75, 3.05) is 12.3 Å². The highest BCUT2D eigenvalue weighted by atomic mass is 16.5. The molecule has 0 fully saturated rings. The van der Waals surface area contributed by atoms with Crippen molar-refractivity contribution in [1.29, 1.82) is 0 Å². The number of nitrogens with zero attached hydrogens (tertiary/aromatic N) is 2. The van der Waals surface area contributed by atoms with Gasteiger partial charge in [0, 0.05) is 31.5 Å². The van der Waals surface area contributed by atoms with Gasteiger partial charge in [0.2, 0.25) is 0 Å². The van der Waals surface area contributed by atoms with Crippen LogP contribution in [0.1, 0.15) is 16.2 Å². The second-order valence-electron chi connectivity index (χ2n) is 4.11. The van der Waals surface area contributed by atoms with Crippen LogP contribution in [0.4, 0.5) is 5.69 Å². The lowest BCUT2D eigenvalue weighted by atomic mass is 10.2. The summed E-state index contributed by atoms with van der Waals surface area (Å²) in [5, 5.41) is 9.07. The number of carboxylic acid groups (broad SMARTS) is 1. The Kier molecular flexibility index (Phi) is 3.70. The molecular weight excluding hydrogens is 246 g/mol. The molecule has 1 aromatic carbocycles. The third kappa shape index (κ3) is 3.04. The van der Waals surface area contributed by atoms with Crippen molar-refractivity contribution in [3.05, 3.63) is 42.0 Å². The highest BCUT2D eigenvalue weighted by molar-refractivity contribution is 5.92. The number of nitrogens with two attached hydrogens (primary N) is 1. The Morgan fingerprint density at radius 2 is 2.32 bits per heavy atom. The molecule has 0 amide bonds. The molecule has 0 bridgehead atoms. The molecule has 6 nitrogen and oxygen atoms in total. The summed E-state index contributed by atoms with van der Waals surface area (Å²) in [6.45, 7) is 0.356. The highest BCUT2D eigenvalue weighted by Gasteiger charge is 2.12. The van der Waals surface area contributed by atoms with Crippen LogP contribution in [0, 0.1) is 0 Å². The van der Waals surface area contributed by atoms with Crippen molar-refractivity contribution < 1.29 is 14.6 Å². The van der Waals surface area contributed by atoms with Crippen LogP contribution in [0.25, 0.3) is 0 Å². The van der Waals surface area contributed by atoms with Crippen LogP contribution in [0.3, 0.4) is 0 Å². The number of benzene rings is 1. The molecule has 0 atom stereocenters. The molecule has 0 aliphatic heterocycles. The van der Waals surface area contributed by atoms with Gasteiger partial charge in [0.05, 0.1) is 6.61 Å². The van der Waals surface area contributed by atoms with E-state index in [1.807, 2.05) is 17.8 Å². The minimum atomic E-state index is -1.06. The lowest BCUT2D eigenvalue weighted by Crippen LogP contribution is -2.09.